The van der Waals surface area contributed by atoms with Crippen molar-refractivity contribution >= 4 is 11.8 Å². The molecule has 1 unspecified atom stereocenters. The first-order valence-electron chi connectivity index (χ1n) is 8.68. The van der Waals surface area contributed by atoms with Crippen LogP contribution in [0.2, 0.25) is 0 Å². The predicted octanol–water partition coefficient (Wildman–Crippen LogP) is 2.05. The highest BCUT2D eigenvalue weighted by Gasteiger charge is 2.24. The Balaban J connectivity index is 1.70. The minimum Gasteiger partial charge on any atom is -0.384 e. The molecule has 2 rings (SSSR count). The minimum atomic E-state index is -1.07. The SMILES string of the molecule is CC(=O)N1CCC(CCC(=O)NCC(C)(O)c2ccccc2)CC1. The number of carbonyl (C=O) groups excluding carboxylic acids is 2. The quantitative estimate of drug-likeness (QED) is 0.838. The average molecular weight is 332 g/mol. The summed E-state index contributed by atoms with van der Waals surface area (Å²) < 4.78 is 0. The molecule has 2 N–H and O–H groups in total. The first-order valence-corrected chi connectivity index (χ1v) is 8.68. The number of amides is 2. The molecule has 1 aliphatic heterocycles. The van der Waals surface area contributed by atoms with Gasteiger partial charge in [0.15, 0.2) is 0 Å². The summed E-state index contributed by atoms with van der Waals surface area (Å²) in [6.45, 7) is 5.11. The first-order chi connectivity index (χ1) is 11.4. The lowest BCUT2D eigenvalue weighted by molar-refractivity contribution is -0.130. The van der Waals surface area contributed by atoms with Crippen molar-refractivity contribution in [1.29, 1.82) is 0 Å². The minimum absolute atomic E-state index is 0.0276. The smallest absolute Gasteiger partial charge is 0.220 e. The molecule has 1 atom stereocenters. The number of benzene rings is 1. The molecule has 1 aromatic rings. The predicted molar refractivity (Wildman–Crippen MR) is 93.2 cm³/mol. The van der Waals surface area contributed by atoms with Crippen molar-refractivity contribution in [2.45, 2.75) is 45.1 Å². The number of likely N-dealkylation sites (tertiary alicyclic amines) is 1. The van der Waals surface area contributed by atoms with E-state index in [1.165, 1.54) is 0 Å². The number of piperidine rings is 1. The fourth-order valence-corrected chi connectivity index (χ4v) is 3.13. The van der Waals surface area contributed by atoms with Crippen LogP contribution in [0.3, 0.4) is 0 Å². The third kappa shape index (κ3) is 5.34. The Morgan fingerprint density at radius 3 is 2.46 bits per heavy atom. The summed E-state index contributed by atoms with van der Waals surface area (Å²) in [5.41, 5.74) is -0.272. The number of nitrogens with one attached hydrogen (secondary N) is 1. The van der Waals surface area contributed by atoms with Crippen LogP contribution in [-0.4, -0.2) is 41.5 Å². The molecule has 5 nitrogen and oxygen atoms in total. The molecule has 132 valence electrons. The van der Waals surface area contributed by atoms with Crippen molar-refractivity contribution in [2.24, 2.45) is 5.92 Å². The largest absolute Gasteiger partial charge is 0.384 e. The van der Waals surface area contributed by atoms with E-state index in [0.29, 0.717) is 12.3 Å². The lowest BCUT2D eigenvalue weighted by Crippen LogP contribution is -2.39. The Bertz CT molecular complexity index is 549. The van der Waals surface area contributed by atoms with Crippen LogP contribution in [0.5, 0.6) is 0 Å². The van der Waals surface area contributed by atoms with E-state index in [9.17, 15) is 14.7 Å². The summed E-state index contributed by atoms with van der Waals surface area (Å²) in [4.78, 5) is 25.2. The molecular formula is C19H28N2O3. The second-order valence-electron chi connectivity index (χ2n) is 6.90. The van der Waals surface area contributed by atoms with Gasteiger partial charge in [0.05, 0.1) is 6.54 Å². The zero-order valence-corrected chi connectivity index (χ0v) is 14.6. The van der Waals surface area contributed by atoms with Crippen molar-refractivity contribution in [1.82, 2.24) is 10.2 Å². The van der Waals surface area contributed by atoms with Crippen LogP contribution in [0.4, 0.5) is 0 Å². The Labute approximate surface area is 144 Å². The fourth-order valence-electron chi connectivity index (χ4n) is 3.13. The lowest BCUT2D eigenvalue weighted by Gasteiger charge is -2.31. The maximum absolute atomic E-state index is 12.0. The maximum atomic E-state index is 12.0. The molecule has 0 radical (unpaired) electrons. The maximum Gasteiger partial charge on any atom is 0.220 e. The van der Waals surface area contributed by atoms with Crippen molar-refractivity contribution in [2.75, 3.05) is 19.6 Å². The van der Waals surface area contributed by atoms with Gasteiger partial charge in [-0.2, -0.15) is 0 Å². The highest BCUT2D eigenvalue weighted by Crippen LogP contribution is 2.22. The van der Waals surface area contributed by atoms with Gasteiger partial charge in [0.1, 0.15) is 5.60 Å². The molecule has 0 bridgehead atoms. The zero-order valence-electron chi connectivity index (χ0n) is 14.6. The summed E-state index contributed by atoms with van der Waals surface area (Å²) in [5, 5.41) is 13.3. The molecule has 5 heteroatoms. The Hall–Kier alpha value is -1.88. The van der Waals surface area contributed by atoms with Gasteiger partial charge >= 0.3 is 0 Å². The molecule has 0 aromatic heterocycles. The Kier molecular flexibility index (Phi) is 6.37. The molecule has 0 aliphatic carbocycles. The van der Waals surface area contributed by atoms with Gasteiger partial charge in [-0.3, -0.25) is 9.59 Å². The molecule has 1 aromatic carbocycles. The number of rotatable bonds is 6. The van der Waals surface area contributed by atoms with Crippen molar-refractivity contribution < 1.29 is 14.7 Å². The number of carbonyl (C=O) groups is 2. The van der Waals surface area contributed by atoms with E-state index in [-0.39, 0.29) is 18.4 Å². The highest BCUT2D eigenvalue weighted by molar-refractivity contribution is 5.76. The monoisotopic (exact) mass is 332 g/mol. The summed E-state index contributed by atoms with van der Waals surface area (Å²) in [7, 11) is 0. The molecule has 0 saturated carbocycles. The molecule has 1 aliphatic rings. The summed E-state index contributed by atoms with van der Waals surface area (Å²) in [6, 6.07) is 9.36. The first kappa shape index (κ1) is 18.5. The average Bonchev–Trinajstić information content (AvgIpc) is 2.59. The number of hydrogen-bond donors (Lipinski definition) is 2. The lowest BCUT2D eigenvalue weighted by atomic mass is 9.92. The van der Waals surface area contributed by atoms with Gasteiger partial charge in [0, 0.05) is 26.4 Å². The molecule has 1 fully saturated rings. The van der Waals surface area contributed by atoms with Crippen LogP contribution >= 0.6 is 0 Å². The van der Waals surface area contributed by atoms with Gasteiger partial charge in [-0.15, -0.1) is 0 Å². The van der Waals surface area contributed by atoms with Gasteiger partial charge in [0.25, 0.3) is 0 Å². The van der Waals surface area contributed by atoms with Crippen LogP contribution in [0.25, 0.3) is 0 Å². The second-order valence-corrected chi connectivity index (χ2v) is 6.90. The van der Waals surface area contributed by atoms with Crippen LogP contribution in [0.1, 0.15) is 45.1 Å². The normalized spacial score (nSPS) is 18.0. The Morgan fingerprint density at radius 2 is 1.88 bits per heavy atom. The third-order valence-corrected chi connectivity index (χ3v) is 4.86. The number of aliphatic hydroxyl groups is 1. The van der Waals surface area contributed by atoms with Gasteiger partial charge in [-0.1, -0.05) is 30.3 Å². The summed E-state index contributed by atoms with van der Waals surface area (Å²) in [6.07, 6.45) is 3.24. The zero-order chi connectivity index (χ0) is 17.6. The van der Waals surface area contributed by atoms with Crippen LogP contribution in [-0.2, 0) is 15.2 Å². The topological polar surface area (TPSA) is 69.6 Å². The molecule has 24 heavy (non-hydrogen) atoms. The van der Waals surface area contributed by atoms with E-state index in [2.05, 4.69) is 5.32 Å². The van der Waals surface area contributed by atoms with Crippen molar-refractivity contribution in [3.63, 3.8) is 0 Å². The van der Waals surface area contributed by atoms with Gasteiger partial charge < -0.3 is 15.3 Å². The standard InChI is InChI=1S/C19H28N2O3/c1-15(22)21-12-10-16(11-13-21)8-9-18(23)20-14-19(2,24)17-6-4-3-5-7-17/h3-7,16,24H,8-14H2,1-2H3,(H,20,23). The van der Waals surface area contributed by atoms with Gasteiger partial charge in [-0.05, 0) is 37.7 Å². The second kappa shape index (κ2) is 8.29. The van der Waals surface area contributed by atoms with Crippen LogP contribution in [0.15, 0.2) is 30.3 Å². The highest BCUT2D eigenvalue weighted by atomic mass is 16.3. The third-order valence-electron chi connectivity index (χ3n) is 4.86. The van der Waals surface area contributed by atoms with E-state index >= 15 is 0 Å². The van der Waals surface area contributed by atoms with E-state index in [1.54, 1.807) is 13.8 Å². The summed E-state index contributed by atoms with van der Waals surface area (Å²) in [5.74, 6) is 0.607. The van der Waals surface area contributed by atoms with E-state index < -0.39 is 5.60 Å². The van der Waals surface area contributed by atoms with E-state index in [0.717, 1.165) is 37.9 Å². The van der Waals surface area contributed by atoms with Crippen LogP contribution in [0, 0.1) is 5.92 Å². The summed E-state index contributed by atoms with van der Waals surface area (Å²) >= 11 is 0. The van der Waals surface area contributed by atoms with Gasteiger partial charge in [-0.25, -0.2) is 0 Å². The van der Waals surface area contributed by atoms with E-state index in [1.807, 2.05) is 35.2 Å². The van der Waals surface area contributed by atoms with Crippen molar-refractivity contribution in [3.8, 4) is 0 Å². The molecular weight excluding hydrogens is 304 g/mol. The van der Waals surface area contributed by atoms with Crippen LogP contribution < -0.4 is 5.32 Å². The molecule has 2 amide bonds. The van der Waals surface area contributed by atoms with Gasteiger partial charge in [0.2, 0.25) is 11.8 Å². The molecule has 0 spiro atoms. The van der Waals surface area contributed by atoms with Crippen molar-refractivity contribution in [3.05, 3.63) is 35.9 Å². The molecule has 1 saturated heterocycles. The van der Waals surface area contributed by atoms with E-state index in [4.69, 9.17) is 0 Å². The number of hydrogen-bond acceptors (Lipinski definition) is 3. The number of nitrogens with zero attached hydrogens (tertiary/aromatic N) is 1. The fraction of sp³-hybridized carbons (Fsp3) is 0.579. The Morgan fingerprint density at radius 1 is 1.25 bits per heavy atom. The molecule has 1 heterocycles.